The van der Waals surface area contributed by atoms with Gasteiger partial charge in [-0.15, -0.1) is 0 Å². The summed E-state index contributed by atoms with van der Waals surface area (Å²) in [6, 6.07) is 10.8. The van der Waals surface area contributed by atoms with Crippen molar-refractivity contribution in [2.75, 3.05) is 18.4 Å². The van der Waals surface area contributed by atoms with Crippen molar-refractivity contribution in [3.05, 3.63) is 57.0 Å². The number of aromatic nitrogens is 1. The number of likely N-dealkylation sites (tertiary alicyclic amines) is 1. The molecule has 1 unspecified atom stereocenters. The summed E-state index contributed by atoms with van der Waals surface area (Å²) < 4.78 is 5.68. The standard InChI is InChI=1S/C18H14Cl3N3O2/c19-10-4-5-14-15(8-10)26-18(23-14)22-11-6-7-24(9-11)17(25)16-12(20)2-1-3-13(16)21/h1-5,8,11H,6-7,9H2,(H,22,23). The molecule has 0 bridgehead atoms. The molecule has 26 heavy (non-hydrogen) atoms. The highest BCUT2D eigenvalue weighted by atomic mass is 35.5. The zero-order valence-electron chi connectivity index (χ0n) is 13.5. The number of benzene rings is 2. The van der Waals surface area contributed by atoms with E-state index in [-0.39, 0.29) is 11.9 Å². The highest BCUT2D eigenvalue weighted by Crippen LogP contribution is 2.28. The summed E-state index contributed by atoms with van der Waals surface area (Å²) in [5.74, 6) is -0.172. The topological polar surface area (TPSA) is 58.4 Å². The van der Waals surface area contributed by atoms with Gasteiger partial charge in [-0.2, -0.15) is 4.98 Å². The number of hydrogen-bond donors (Lipinski definition) is 1. The SMILES string of the molecule is O=C(c1c(Cl)cccc1Cl)N1CCC(Nc2nc3ccc(Cl)cc3o2)C1. The minimum absolute atomic E-state index is 0.0312. The Balaban J connectivity index is 1.47. The van der Waals surface area contributed by atoms with Crippen molar-refractivity contribution in [3.8, 4) is 0 Å². The van der Waals surface area contributed by atoms with Gasteiger partial charge in [0.05, 0.1) is 15.6 Å². The summed E-state index contributed by atoms with van der Waals surface area (Å²) in [5.41, 5.74) is 1.69. The molecule has 1 fully saturated rings. The number of halogens is 3. The van der Waals surface area contributed by atoms with E-state index in [4.69, 9.17) is 39.2 Å². The molecule has 1 atom stereocenters. The van der Waals surface area contributed by atoms with Crippen molar-refractivity contribution in [3.63, 3.8) is 0 Å². The van der Waals surface area contributed by atoms with Gasteiger partial charge in [0.25, 0.3) is 11.9 Å². The predicted molar refractivity (Wildman–Crippen MR) is 103 cm³/mol. The molecule has 1 aliphatic heterocycles. The van der Waals surface area contributed by atoms with Crippen LogP contribution in [-0.2, 0) is 0 Å². The van der Waals surface area contributed by atoms with E-state index in [1.54, 1.807) is 41.3 Å². The maximum atomic E-state index is 12.7. The molecule has 2 heterocycles. The minimum Gasteiger partial charge on any atom is -0.423 e. The van der Waals surface area contributed by atoms with Crippen LogP contribution in [0.2, 0.25) is 15.1 Å². The Kier molecular flexibility index (Phi) is 4.69. The largest absolute Gasteiger partial charge is 0.423 e. The fourth-order valence-corrected chi connectivity index (χ4v) is 3.78. The monoisotopic (exact) mass is 409 g/mol. The maximum Gasteiger partial charge on any atom is 0.295 e. The van der Waals surface area contributed by atoms with Crippen LogP contribution < -0.4 is 5.32 Å². The number of nitrogens with one attached hydrogen (secondary N) is 1. The number of amides is 1. The number of anilines is 1. The van der Waals surface area contributed by atoms with Gasteiger partial charge in [0, 0.05) is 30.2 Å². The molecule has 1 amide bonds. The van der Waals surface area contributed by atoms with Crippen LogP contribution in [0.4, 0.5) is 6.01 Å². The second-order valence-corrected chi connectivity index (χ2v) is 7.36. The number of nitrogens with zero attached hydrogens (tertiary/aromatic N) is 2. The van der Waals surface area contributed by atoms with Crippen molar-refractivity contribution in [2.24, 2.45) is 0 Å². The van der Waals surface area contributed by atoms with E-state index in [0.717, 1.165) is 11.9 Å². The first-order valence-corrected chi connectivity index (χ1v) is 9.20. The highest BCUT2D eigenvalue weighted by Gasteiger charge is 2.30. The average Bonchev–Trinajstić information content (AvgIpc) is 3.21. The van der Waals surface area contributed by atoms with E-state index in [1.165, 1.54) is 0 Å². The second kappa shape index (κ2) is 6.99. The first kappa shape index (κ1) is 17.5. The van der Waals surface area contributed by atoms with Crippen molar-refractivity contribution in [2.45, 2.75) is 12.5 Å². The third kappa shape index (κ3) is 3.34. The van der Waals surface area contributed by atoms with Crippen LogP contribution in [0, 0.1) is 0 Å². The van der Waals surface area contributed by atoms with E-state index in [9.17, 15) is 4.79 Å². The minimum atomic E-state index is -0.172. The molecule has 8 heteroatoms. The highest BCUT2D eigenvalue weighted by molar-refractivity contribution is 6.39. The van der Waals surface area contributed by atoms with Gasteiger partial charge in [0.15, 0.2) is 5.58 Å². The van der Waals surface area contributed by atoms with Gasteiger partial charge in [0.1, 0.15) is 5.52 Å². The smallest absolute Gasteiger partial charge is 0.295 e. The molecule has 0 radical (unpaired) electrons. The van der Waals surface area contributed by atoms with Crippen LogP contribution in [0.15, 0.2) is 40.8 Å². The summed E-state index contributed by atoms with van der Waals surface area (Å²) >= 11 is 18.2. The number of carbonyl (C=O) groups is 1. The average molecular weight is 411 g/mol. The van der Waals surface area contributed by atoms with Gasteiger partial charge >= 0.3 is 0 Å². The molecule has 2 aromatic carbocycles. The zero-order chi connectivity index (χ0) is 18.3. The Bertz CT molecular complexity index is 969. The Morgan fingerprint density at radius 3 is 2.73 bits per heavy atom. The van der Waals surface area contributed by atoms with E-state index in [1.807, 2.05) is 0 Å². The van der Waals surface area contributed by atoms with Gasteiger partial charge in [-0.05, 0) is 30.7 Å². The lowest BCUT2D eigenvalue weighted by molar-refractivity contribution is 0.0792. The first-order chi connectivity index (χ1) is 12.5. The van der Waals surface area contributed by atoms with E-state index < -0.39 is 0 Å². The lowest BCUT2D eigenvalue weighted by atomic mass is 10.2. The Morgan fingerprint density at radius 1 is 1.19 bits per heavy atom. The Labute approximate surface area is 164 Å². The van der Waals surface area contributed by atoms with E-state index >= 15 is 0 Å². The number of hydrogen-bond acceptors (Lipinski definition) is 4. The molecule has 134 valence electrons. The predicted octanol–water partition coefficient (Wildman–Crippen LogP) is 5.11. The van der Waals surface area contributed by atoms with Crippen LogP contribution in [0.1, 0.15) is 16.8 Å². The van der Waals surface area contributed by atoms with Crippen molar-refractivity contribution >= 4 is 57.8 Å². The zero-order valence-corrected chi connectivity index (χ0v) is 15.8. The maximum absolute atomic E-state index is 12.7. The summed E-state index contributed by atoms with van der Waals surface area (Å²) in [5, 5.41) is 4.54. The fraction of sp³-hybridized carbons (Fsp3) is 0.222. The van der Waals surface area contributed by atoms with Crippen LogP contribution in [0.3, 0.4) is 0 Å². The van der Waals surface area contributed by atoms with Gasteiger partial charge < -0.3 is 14.6 Å². The van der Waals surface area contributed by atoms with Crippen molar-refractivity contribution in [1.82, 2.24) is 9.88 Å². The van der Waals surface area contributed by atoms with Crippen LogP contribution in [0.5, 0.6) is 0 Å². The van der Waals surface area contributed by atoms with Crippen molar-refractivity contribution < 1.29 is 9.21 Å². The first-order valence-electron chi connectivity index (χ1n) is 8.07. The van der Waals surface area contributed by atoms with E-state index in [2.05, 4.69) is 10.3 Å². The van der Waals surface area contributed by atoms with Crippen LogP contribution in [0.25, 0.3) is 11.1 Å². The van der Waals surface area contributed by atoms with Gasteiger partial charge in [0.2, 0.25) is 0 Å². The summed E-state index contributed by atoms with van der Waals surface area (Å²) in [7, 11) is 0. The number of rotatable bonds is 3. The molecule has 0 aliphatic carbocycles. The molecule has 1 saturated heterocycles. The number of oxazole rings is 1. The fourth-order valence-electron chi connectivity index (χ4n) is 3.06. The molecule has 0 spiro atoms. The summed E-state index contributed by atoms with van der Waals surface area (Å²) in [6.45, 7) is 1.12. The van der Waals surface area contributed by atoms with Gasteiger partial charge in [-0.25, -0.2) is 0 Å². The molecule has 0 saturated carbocycles. The Hall–Kier alpha value is -1.95. The summed E-state index contributed by atoms with van der Waals surface area (Å²) in [4.78, 5) is 18.9. The number of fused-ring (bicyclic) bond motifs is 1. The van der Waals surface area contributed by atoms with Gasteiger partial charge in [-0.1, -0.05) is 40.9 Å². The summed E-state index contributed by atoms with van der Waals surface area (Å²) in [6.07, 6.45) is 0.771. The second-order valence-electron chi connectivity index (χ2n) is 6.11. The van der Waals surface area contributed by atoms with Crippen molar-refractivity contribution in [1.29, 1.82) is 0 Å². The molecule has 3 aromatic rings. The Morgan fingerprint density at radius 2 is 1.96 bits per heavy atom. The lowest BCUT2D eigenvalue weighted by Crippen LogP contribution is -2.32. The number of carbonyl (C=O) groups excluding carboxylic acids is 1. The van der Waals surface area contributed by atoms with Crippen LogP contribution >= 0.6 is 34.8 Å². The molecule has 5 nitrogen and oxygen atoms in total. The molecular formula is C18H14Cl3N3O2. The molecule has 1 N–H and O–H groups in total. The lowest BCUT2D eigenvalue weighted by Gasteiger charge is -2.18. The van der Waals surface area contributed by atoms with Gasteiger partial charge in [-0.3, -0.25) is 4.79 Å². The third-order valence-electron chi connectivity index (χ3n) is 4.33. The third-order valence-corrected chi connectivity index (χ3v) is 5.20. The molecule has 4 rings (SSSR count). The normalized spacial score (nSPS) is 17.0. The molecule has 1 aliphatic rings. The van der Waals surface area contributed by atoms with Crippen LogP contribution in [-0.4, -0.2) is 34.9 Å². The van der Waals surface area contributed by atoms with E-state index in [0.29, 0.717) is 45.3 Å². The quantitative estimate of drug-likeness (QED) is 0.651. The molecular weight excluding hydrogens is 397 g/mol. The molecule has 1 aromatic heterocycles.